The number of hydrogen-bond acceptors (Lipinski definition) is 6. The van der Waals surface area contributed by atoms with E-state index in [9.17, 15) is 14.4 Å². The highest BCUT2D eigenvalue weighted by Crippen LogP contribution is 2.14. The highest BCUT2D eigenvalue weighted by Gasteiger charge is 2.18. The minimum atomic E-state index is -1.10. The summed E-state index contributed by atoms with van der Waals surface area (Å²) < 4.78 is 5.01. The van der Waals surface area contributed by atoms with Gasteiger partial charge in [-0.2, -0.15) is 0 Å². The second-order valence-corrected chi connectivity index (χ2v) is 5.83. The van der Waals surface area contributed by atoms with Gasteiger partial charge in [-0.25, -0.2) is 4.79 Å². The first-order valence-corrected chi connectivity index (χ1v) is 8.19. The lowest BCUT2D eigenvalue weighted by Crippen LogP contribution is -2.38. The fraction of sp³-hybridized carbons (Fsp3) is 0.158. The van der Waals surface area contributed by atoms with E-state index in [1.54, 1.807) is 6.92 Å². The van der Waals surface area contributed by atoms with Crippen LogP contribution in [0.2, 0.25) is 0 Å². The van der Waals surface area contributed by atoms with Crippen molar-refractivity contribution >= 4 is 23.5 Å². The number of carbonyl (C=O) groups is 3. The number of nitrogens with zero attached hydrogens (tertiary/aromatic N) is 1. The van der Waals surface area contributed by atoms with Crippen LogP contribution in [0, 0.1) is 0 Å². The Morgan fingerprint density at radius 3 is 2.11 bits per heavy atom. The molecule has 0 bridgehead atoms. The van der Waals surface area contributed by atoms with Gasteiger partial charge in [-0.1, -0.05) is 17.3 Å². The van der Waals surface area contributed by atoms with Gasteiger partial charge in [0.15, 0.2) is 18.2 Å². The lowest BCUT2D eigenvalue weighted by molar-refractivity contribution is -0.139. The van der Waals surface area contributed by atoms with Crippen LogP contribution in [0.3, 0.4) is 0 Å². The Balaban J connectivity index is 1.99. The Morgan fingerprint density at radius 2 is 1.57 bits per heavy atom. The van der Waals surface area contributed by atoms with Gasteiger partial charge in [0, 0.05) is 16.7 Å². The first-order chi connectivity index (χ1) is 13.3. The third-order valence-electron chi connectivity index (χ3n) is 3.79. The number of benzene rings is 2. The van der Waals surface area contributed by atoms with Gasteiger partial charge in [0.05, 0.1) is 6.04 Å². The highest BCUT2D eigenvalue weighted by molar-refractivity contribution is 6.04. The van der Waals surface area contributed by atoms with E-state index in [-0.39, 0.29) is 11.6 Å². The minimum Gasteiger partial charge on any atom is -0.482 e. The molecular weight excluding hydrogens is 366 g/mol. The van der Waals surface area contributed by atoms with Gasteiger partial charge in [-0.15, -0.1) is 0 Å². The second-order valence-electron chi connectivity index (χ2n) is 5.83. The van der Waals surface area contributed by atoms with E-state index in [0.717, 1.165) is 0 Å². The summed E-state index contributed by atoms with van der Waals surface area (Å²) in [4.78, 5) is 35.2. The van der Waals surface area contributed by atoms with Gasteiger partial charge < -0.3 is 26.1 Å². The van der Waals surface area contributed by atoms with Crippen LogP contribution in [0.15, 0.2) is 53.7 Å². The number of ketones is 1. The number of rotatable bonds is 8. The molecule has 146 valence electrons. The molecule has 0 fully saturated rings. The number of carboxylic acid groups (broad SMARTS) is 1. The monoisotopic (exact) mass is 385 g/mol. The van der Waals surface area contributed by atoms with Crippen molar-refractivity contribution < 1.29 is 29.4 Å². The Labute approximate surface area is 160 Å². The number of amides is 1. The fourth-order valence-corrected chi connectivity index (χ4v) is 2.31. The summed E-state index contributed by atoms with van der Waals surface area (Å²) in [5.41, 5.74) is 6.58. The molecule has 2 aromatic rings. The average Bonchev–Trinajstić information content (AvgIpc) is 2.71. The molecule has 0 unspecified atom stereocenters. The third-order valence-corrected chi connectivity index (χ3v) is 3.79. The van der Waals surface area contributed by atoms with Crippen LogP contribution >= 0.6 is 0 Å². The SMILES string of the molecule is C[C@H](NC(=O)c1ccc(/C(N)=N/O)cc1)C(=O)c1ccc(OCC(=O)O)cc1. The van der Waals surface area contributed by atoms with Crippen molar-refractivity contribution in [2.75, 3.05) is 6.61 Å². The molecule has 1 atom stereocenters. The quantitative estimate of drug-likeness (QED) is 0.175. The van der Waals surface area contributed by atoms with Gasteiger partial charge >= 0.3 is 5.97 Å². The molecular formula is C19H19N3O6. The van der Waals surface area contributed by atoms with E-state index in [4.69, 9.17) is 20.8 Å². The Morgan fingerprint density at radius 1 is 1.04 bits per heavy atom. The predicted octanol–water partition coefficient (Wildman–Crippen LogP) is 1.25. The Hall–Kier alpha value is -3.88. The summed E-state index contributed by atoms with van der Waals surface area (Å²) in [5.74, 6) is -1.62. The van der Waals surface area contributed by atoms with Crippen molar-refractivity contribution in [2.45, 2.75) is 13.0 Å². The van der Waals surface area contributed by atoms with Gasteiger partial charge in [0.2, 0.25) is 0 Å². The fourth-order valence-electron chi connectivity index (χ4n) is 2.31. The van der Waals surface area contributed by atoms with Crippen LogP contribution in [0.4, 0.5) is 0 Å². The summed E-state index contributed by atoms with van der Waals surface area (Å²) >= 11 is 0. The molecule has 0 radical (unpaired) electrons. The number of oxime groups is 1. The van der Waals surface area contributed by atoms with Crippen molar-refractivity contribution in [1.82, 2.24) is 5.32 Å². The number of Topliss-reactive ketones (excluding diaryl/α,β-unsaturated/α-hetero) is 1. The molecule has 0 aliphatic heterocycles. The van der Waals surface area contributed by atoms with Gasteiger partial charge in [-0.05, 0) is 43.3 Å². The summed E-state index contributed by atoms with van der Waals surface area (Å²) in [5, 5.41) is 22.7. The molecule has 0 aromatic heterocycles. The summed E-state index contributed by atoms with van der Waals surface area (Å²) in [6.45, 7) is 1.08. The number of nitrogens with one attached hydrogen (secondary N) is 1. The molecule has 28 heavy (non-hydrogen) atoms. The molecule has 0 saturated carbocycles. The van der Waals surface area contributed by atoms with E-state index in [1.807, 2.05) is 0 Å². The molecule has 2 aromatic carbocycles. The van der Waals surface area contributed by atoms with Crippen molar-refractivity contribution in [3.05, 3.63) is 65.2 Å². The van der Waals surface area contributed by atoms with Crippen LogP contribution in [-0.2, 0) is 4.79 Å². The third kappa shape index (κ3) is 5.31. The van der Waals surface area contributed by atoms with Gasteiger partial charge in [0.25, 0.3) is 5.91 Å². The second kappa shape index (κ2) is 9.17. The number of ether oxygens (including phenoxy) is 1. The zero-order valence-electron chi connectivity index (χ0n) is 15.0. The highest BCUT2D eigenvalue weighted by atomic mass is 16.5. The molecule has 5 N–H and O–H groups in total. The maximum atomic E-state index is 12.5. The molecule has 9 nitrogen and oxygen atoms in total. The largest absolute Gasteiger partial charge is 0.482 e. The zero-order chi connectivity index (χ0) is 20.7. The molecule has 0 spiro atoms. The maximum Gasteiger partial charge on any atom is 0.341 e. The number of hydrogen-bond donors (Lipinski definition) is 4. The normalized spacial score (nSPS) is 12.1. The Kier molecular flexibility index (Phi) is 6.69. The van der Waals surface area contributed by atoms with Gasteiger partial charge in [0.1, 0.15) is 5.75 Å². The summed E-state index contributed by atoms with van der Waals surface area (Å²) in [7, 11) is 0. The van der Waals surface area contributed by atoms with E-state index < -0.39 is 24.5 Å². The van der Waals surface area contributed by atoms with Crippen LogP contribution in [-0.4, -0.2) is 46.5 Å². The van der Waals surface area contributed by atoms with Gasteiger partial charge in [-0.3, -0.25) is 9.59 Å². The number of nitrogens with two attached hydrogens (primary N) is 1. The number of carbonyl (C=O) groups excluding carboxylic acids is 2. The van der Waals surface area contributed by atoms with Crippen LogP contribution in [0.25, 0.3) is 0 Å². The van der Waals surface area contributed by atoms with E-state index in [0.29, 0.717) is 22.4 Å². The molecule has 0 aliphatic carbocycles. The minimum absolute atomic E-state index is 0.0775. The smallest absolute Gasteiger partial charge is 0.341 e. The average molecular weight is 385 g/mol. The van der Waals surface area contributed by atoms with Crippen molar-refractivity contribution in [2.24, 2.45) is 10.9 Å². The molecule has 2 rings (SSSR count). The summed E-state index contributed by atoms with van der Waals surface area (Å²) in [6.07, 6.45) is 0. The topological polar surface area (TPSA) is 151 Å². The van der Waals surface area contributed by atoms with Crippen molar-refractivity contribution in [3.8, 4) is 5.75 Å². The molecule has 9 heteroatoms. The van der Waals surface area contributed by atoms with Crippen molar-refractivity contribution in [1.29, 1.82) is 0 Å². The lowest BCUT2D eigenvalue weighted by Gasteiger charge is -2.13. The first kappa shape index (κ1) is 20.4. The molecule has 0 heterocycles. The van der Waals surface area contributed by atoms with E-state index in [1.165, 1.54) is 48.5 Å². The maximum absolute atomic E-state index is 12.5. The first-order valence-electron chi connectivity index (χ1n) is 8.19. The van der Waals surface area contributed by atoms with Crippen LogP contribution in [0.1, 0.15) is 33.2 Å². The van der Waals surface area contributed by atoms with E-state index >= 15 is 0 Å². The van der Waals surface area contributed by atoms with Crippen LogP contribution < -0.4 is 15.8 Å². The lowest BCUT2D eigenvalue weighted by atomic mass is 10.0. The zero-order valence-corrected chi connectivity index (χ0v) is 15.0. The number of carboxylic acids is 1. The standard InChI is InChI=1S/C19H19N3O6/c1-11(17(25)12-6-8-15(9-7-12)28-10-16(23)24)21-19(26)14-4-2-13(3-5-14)18(20)22-27/h2-9,11,27H,10H2,1H3,(H2,20,22)(H,21,26)(H,23,24)/t11-/m0/s1. The predicted molar refractivity (Wildman–Crippen MR) is 99.8 cm³/mol. The number of amidine groups is 1. The molecule has 0 saturated heterocycles. The van der Waals surface area contributed by atoms with E-state index in [2.05, 4.69) is 10.5 Å². The Bertz CT molecular complexity index is 891. The molecule has 1 amide bonds. The molecule has 0 aliphatic rings. The van der Waals surface area contributed by atoms with Crippen molar-refractivity contribution in [3.63, 3.8) is 0 Å². The van der Waals surface area contributed by atoms with Crippen LogP contribution in [0.5, 0.6) is 5.75 Å². The summed E-state index contributed by atoms with van der Waals surface area (Å²) in [6, 6.07) is 11.2. The number of aliphatic carboxylic acids is 1.